The van der Waals surface area contributed by atoms with Crippen molar-refractivity contribution < 1.29 is 4.74 Å². The van der Waals surface area contributed by atoms with E-state index in [9.17, 15) is 0 Å². The molecule has 0 aliphatic carbocycles. The molecule has 1 aliphatic heterocycles. The molecule has 4 heteroatoms. The predicted molar refractivity (Wildman–Crippen MR) is 62.6 cm³/mol. The van der Waals surface area contributed by atoms with Crippen molar-refractivity contribution in [3.8, 4) is 0 Å². The lowest BCUT2D eigenvalue weighted by Crippen LogP contribution is -2.40. The molecule has 0 saturated carbocycles. The first kappa shape index (κ1) is 11.2. The summed E-state index contributed by atoms with van der Waals surface area (Å²) in [7, 11) is 0. The van der Waals surface area contributed by atoms with Crippen molar-refractivity contribution in [3.63, 3.8) is 0 Å². The predicted octanol–water partition coefficient (Wildman–Crippen LogP) is 3.04. The summed E-state index contributed by atoms with van der Waals surface area (Å²) in [6.07, 6.45) is 0.00685. The molecule has 0 radical (unpaired) electrons. The van der Waals surface area contributed by atoms with Gasteiger partial charge in [-0.2, -0.15) is 0 Å². The topological polar surface area (TPSA) is 21.3 Å². The van der Waals surface area contributed by atoms with E-state index in [-0.39, 0.29) is 6.10 Å². The molecule has 2 atom stereocenters. The van der Waals surface area contributed by atoms with Crippen LogP contribution in [-0.4, -0.2) is 19.2 Å². The maximum absolute atomic E-state index is 6.10. The summed E-state index contributed by atoms with van der Waals surface area (Å²) >= 11 is 12.0. The molecule has 0 bridgehead atoms. The SMILES string of the molecule is CC1COC(c2cc(Cl)ccc2Cl)CN1. The summed E-state index contributed by atoms with van der Waals surface area (Å²) in [4.78, 5) is 0. The molecule has 0 spiro atoms. The zero-order valence-corrected chi connectivity index (χ0v) is 9.98. The molecule has 82 valence electrons. The van der Waals surface area contributed by atoms with Gasteiger partial charge < -0.3 is 10.1 Å². The Morgan fingerprint density at radius 1 is 1.40 bits per heavy atom. The number of halogens is 2. The Bertz CT molecular complexity index is 348. The fourth-order valence-corrected chi connectivity index (χ4v) is 2.07. The van der Waals surface area contributed by atoms with Crippen LogP contribution in [0.5, 0.6) is 0 Å². The molecule has 1 aliphatic rings. The van der Waals surface area contributed by atoms with Crippen LogP contribution >= 0.6 is 23.2 Å². The van der Waals surface area contributed by atoms with Gasteiger partial charge in [-0.1, -0.05) is 23.2 Å². The number of benzene rings is 1. The van der Waals surface area contributed by atoms with E-state index in [1.54, 1.807) is 12.1 Å². The van der Waals surface area contributed by atoms with Gasteiger partial charge in [0.15, 0.2) is 0 Å². The van der Waals surface area contributed by atoms with Crippen LogP contribution in [0.2, 0.25) is 10.0 Å². The van der Waals surface area contributed by atoms with Crippen molar-refractivity contribution >= 4 is 23.2 Å². The summed E-state index contributed by atoms with van der Waals surface area (Å²) in [5.74, 6) is 0. The van der Waals surface area contributed by atoms with Crippen LogP contribution in [0, 0.1) is 0 Å². The molecule has 2 unspecified atom stereocenters. The third-order valence-electron chi connectivity index (χ3n) is 2.50. The Morgan fingerprint density at radius 3 is 2.87 bits per heavy atom. The van der Waals surface area contributed by atoms with Crippen LogP contribution in [-0.2, 0) is 4.74 Å². The zero-order valence-electron chi connectivity index (χ0n) is 8.47. The van der Waals surface area contributed by atoms with Crippen LogP contribution in [0.4, 0.5) is 0 Å². The fourth-order valence-electron chi connectivity index (χ4n) is 1.65. The van der Waals surface area contributed by atoms with Gasteiger partial charge in [0.05, 0.1) is 12.7 Å². The van der Waals surface area contributed by atoms with Crippen LogP contribution in [0.15, 0.2) is 18.2 Å². The molecule has 1 saturated heterocycles. The van der Waals surface area contributed by atoms with Crippen molar-refractivity contribution in [2.45, 2.75) is 19.1 Å². The Morgan fingerprint density at radius 2 is 2.20 bits per heavy atom. The molecule has 1 N–H and O–H groups in total. The van der Waals surface area contributed by atoms with E-state index in [1.165, 1.54) is 0 Å². The highest BCUT2D eigenvalue weighted by Gasteiger charge is 2.21. The van der Waals surface area contributed by atoms with Crippen molar-refractivity contribution in [1.29, 1.82) is 0 Å². The van der Waals surface area contributed by atoms with Crippen molar-refractivity contribution in [2.24, 2.45) is 0 Å². The molecule has 15 heavy (non-hydrogen) atoms. The molecule has 1 aromatic carbocycles. The number of morpholine rings is 1. The monoisotopic (exact) mass is 245 g/mol. The molecule has 0 aromatic heterocycles. The second-order valence-corrected chi connectivity index (χ2v) is 4.64. The van der Waals surface area contributed by atoms with Crippen LogP contribution < -0.4 is 5.32 Å². The highest BCUT2D eigenvalue weighted by atomic mass is 35.5. The van der Waals surface area contributed by atoms with E-state index in [1.807, 2.05) is 6.07 Å². The standard InChI is InChI=1S/C11H13Cl2NO/c1-7-6-15-11(5-14-7)9-4-8(12)2-3-10(9)13/h2-4,7,11,14H,5-6H2,1H3. The third-order valence-corrected chi connectivity index (χ3v) is 3.08. The number of rotatable bonds is 1. The number of nitrogens with one attached hydrogen (secondary N) is 1. The third kappa shape index (κ3) is 2.64. The van der Waals surface area contributed by atoms with Gasteiger partial charge >= 0.3 is 0 Å². The molecular formula is C11H13Cl2NO. The number of hydrogen-bond acceptors (Lipinski definition) is 2. The van der Waals surface area contributed by atoms with Crippen molar-refractivity contribution in [1.82, 2.24) is 5.32 Å². The maximum atomic E-state index is 6.10. The van der Waals surface area contributed by atoms with Gasteiger partial charge in [0.25, 0.3) is 0 Å². The summed E-state index contributed by atoms with van der Waals surface area (Å²) in [6.45, 7) is 3.57. The normalized spacial score (nSPS) is 26.6. The Kier molecular flexibility index (Phi) is 3.52. The Labute approximate surface area is 99.5 Å². The second-order valence-electron chi connectivity index (χ2n) is 3.80. The molecule has 1 aromatic rings. The van der Waals surface area contributed by atoms with Crippen LogP contribution in [0.1, 0.15) is 18.6 Å². The van der Waals surface area contributed by atoms with Gasteiger partial charge in [0.1, 0.15) is 0 Å². The molecule has 1 heterocycles. The highest BCUT2D eigenvalue weighted by molar-refractivity contribution is 6.33. The van der Waals surface area contributed by atoms with Crippen molar-refractivity contribution in [2.75, 3.05) is 13.2 Å². The Hall–Kier alpha value is -0.280. The first-order valence-electron chi connectivity index (χ1n) is 4.97. The minimum Gasteiger partial charge on any atom is -0.371 e. The zero-order chi connectivity index (χ0) is 10.8. The van der Waals surface area contributed by atoms with Crippen LogP contribution in [0.25, 0.3) is 0 Å². The van der Waals surface area contributed by atoms with E-state index in [2.05, 4.69) is 12.2 Å². The second kappa shape index (κ2) is 4.71. The molecular weight excluding hydrogens is 233 g/mol. The molecule has 1 fully saturated rings. The lowest BCUT2D eigenvalue weighted by Gasteiger charge is -2.29. The van der Waals surface area contributed by atoms with E-state index >= 15 is 0 Å². The average molecular weight is 246 g/mol. The maximum Gasteiger partial charge on any atom is 0.0964 e. The summed E-state index contributed by atoms with van der Waals surface area (Å²) in [5.41, 5.74) is 0.962. The molecule has 0 amide bonds. The summed E-state index contributed by atoms with van der Waals surface area (Å²) in [6, 6.07) is 5.86. The first-order valence-corrected chi connectivity index (χ1v) is 5.72. The van der Waals surface area contributed by atoms with E-state index in [4.69, 9.17) is 27.9 Å². The lowest BCUT2D eigenvalue weighted by molar-refractivity contribution is 0.00701. The highest BCUT2D eigenvalue weighted by Crippen LogP contribution is 2.29. The first-order chi connectivity index (χ1) is 7.16. The van der Waals surface area contributed by atoms with Gasteiger partial charge in [-0.05, 0) is 25.1 Å². The van der Waals surface area contributed by atoms with Crippen LogP contribution in [0.3, 0.4) is 0 Å². The largest absolute Gasteiger partial charge is 0.371 e. The van der Waals surface area contributed by atoms with Gasteiger partial charge in [-0.25, -0.2) is 0 Å². The lowest BCUT2D eigenvalue weighted by atomic mass is 10.1. The quantitative estimate of drug-likeness (QED) is 0.822. The summed E-state index contributed by atoms with van der Waals surface area (Å²) in [5, 5.41) is 4.75. The Balaban J connectivity index is 2.18. The van der Waals surface area contributed by atoms with E-state index in [0.29, 0.717) is 22.7 Å². The minimum absolute atomic E-state index is 0.00685. The van der Waals surface area contributed by atoms with Gasteiger partial charge in [0, 0.05) is 28.2 Å². The average Bonchev–Trinajstić information content (AvgIpc) is 2.23. The number of ether oxygens (including phenoxy) is 1. The van der Waals surface area contributed by atoms with E-state index in [0.717, 1.165) is 12.1 Å². The molecule has 2 nitrogen and oxygen atoms in total. The van der Waals surface area contributed by atoms with Gasteiger partial charge in [-0.3, -0.25) is 0 Å². The smallest absolute Gasteiger partial charge is 0.0964 e. The minimum atomic E-state index is 0.00685. The molecule has 2 rings (SSSR count). The van der Waals surface area contributed by atoms with Gasteiger partial charge in [-0.15, -0.1) is 0 Å². The van der Waals surface area contributed by atoms with Gasteiger partial charge in [0.2, 0.25) is 0 Å². The number of hydrogen-bond donors (Lipinski definition) is 1. The van der Waals surface area contributed by atoms with E-state index < -0.39 is 0 Å². The fraction of sp³-hybridized carbons (Fsp3) is 0.455. The summed E-state index contributed by atoms with van der Waals surface area (Å²) < 4.78 is 5.71. The van der Waals surface area contributed by atoms with Crippen molar-refractivity contribution in [3.05, 3.63) is 33.8 Å².